The lowest BCUT2D eigenvalue weighted by Crippen LogP contribution is -2.29. The number of hydrogen-bond donors (Lipinski definition) is 3. The number of carbonyl (C=O) groups is 1. The number of H-pyrrole nitrogens is 1. The number of aliphatic carboxylic acids is 1. The number of anilines is 1. The molecule has 3 rings (SSSR count). The number of aromatic nitrogens is 4. The molecule has 0 bridgehead atoms. The van der Waals surface area contributed by atoms with E-state index in [0.717, 1.165) is 5.56 Å². The lowest BCUT2D eigenvalue weighted by atomic mass is 10.2. The number of aromatic amines is 1. The molecule has 0 saturated heterocycles. The summed E-state index contributed by atoms with van der Waals surface area (Å²) in [6.07, 6.45) is 0. The van der Waals surface area contributed by atoms with Crippen molar-refractivity contribution in [2.45, 2.75) is 13.1 Å². The summed E-state index contributed by atoms with van der Waals surface area (Å²) in [5.41, 5.74) is -0.151. The lowest BCUT2D eigenvalue weighted by molar-refractivity contribution is -0.137. The monoisotopic (exact) mass is 329 g/mol. The largest absolute Gasteiger partial charge is 0.480 e. The number of fused-ring (bicyclic) bond motifs is 1. The highest BCUT2D eigenvalue weighted by Crippen LogP contribution is 2.16. The Bertz CT molecular complexity index is 1020. The first-order chi connectivity index (χ1) is 11.5. The average molecular weight is 329 g/mol. The zero-order valence-corrected chi connectivity index (χ0v) is 12.8. The molecule has 1 aromatic carbocycles. The molecule has 9 heteroatoms. The number of nitrogens with one attached hydrogen (secondary N) is 2. The van der Waals surface area contributed by atoms with Crippen LogP contribution in [-0.2, 0) is 24.9 Å². The standard InChI is InChI=1S/C15H15N5O4/c1-19-12-11(13(23)18-15(19)24)20(8-10(21)22)14(17-12)16-7-9-5-3-2-4-6-9/h2-6H,7-8H2,1H3,(H,16,17)(H,21,22)(H,18,23,24). The summed E-state index contributed by atoms with van der Waals surface area (Å²) < 4.78 is 2.42. The molecule has 0 aliphatic heterocycles. The number of nitrogens with zero attached hydrogens (tertiary/aromatic N) is 3. The van der Waals surface area contributed by atoms with E-state index in [-0.39, 0.29) is 17.1 Å². The van der Waals surface area contributed by atoms with Crippen LogP contribution < -0.4 is 16.6 Å². The molecule has 0 aliphatic rings. The molecule has 24 heavy (non-hydrogen) atoms. The first-order valence-electron chi connectivity index (χ1n) is 7.16. The van der Waals surface area contributed by atoms with Gasteiger partial charge in [-0.25, -0.2) is 4.79 Å². The molecule has 0 spiro atoms. The van der Waals surface area contributed by atoms with E-state index in [2.05, 4.69) is 15.3 Å². The quantitative estimate of drug-likeness (QED) is 0.611. The van der Waals surface area contributed by atoms with Gasteiger partial charge in [0.2, 0.25) is 5.95 Å². The fourth-order valence-electron chi connectivity index (χ4n) is 2.44. The van der Waals surface area contributed by atoms with Crippen LogP contribution in [0.5, 0.6) is 0 Å². The third-order valence-corrected chi connectivity index (χ3v) is 3.59. The van der Waals surface area contributed by atoms with E-state index in [1.54, 1.807) is 0 Å². The molecule has 0 aliphatic carbocycles. The SMILES string of the molecule is Cn1c(=O)[nH]c(=O)c2c1nc(NCc1ccccc1)n2CC(=O)O. The maximum absolute atomic E-state index is 12.1. The Balaban J connectivity index is 2.10. The van der Waals surface area contributed by atoms with Gasteiger partial charge in [-0.15, -0.1) is 0 Å². The predicted octanol–water partition coefficient (Wildman–Crippen LogP) is 0.120. The normalized spacial score (nSPS) is 10.9. The summed E-state index contributed by atoms with van der Waals surface area (Å²) in [7, 11) is 1.46. The second kappa shape index (κ2) is 6.03. The zero-order valence-electron chi connectivity index (χ0n) is 12.8. The molecule has 0 atom stereocenters. The van der Waals surface area contributed by atoms with Crippen LogP contribution in [0.3, 0.4) is 0 Å². The molecule has 9 nitrogen and oxygen atoms in total. The maximum atomic E-state index is 12.1. The predicted molar refractivity (Wildman–Crippen MR) is 87.0 cm³/mol. The molecule has 124 valence electrons. The Morgan fingerprint density at radius 1 is 1.29 bits per heavy atom. The molecule has 0 amide bonds. The summed E-state index contributed by atoms with van der Waals surface area (Å²) in [4.78, 5) is 41.3. The molecule has 2 aromatic heterocycles. The minimum atomic E-state index is -1.12. The first kappa shape index (κ1) is 15.5. The van der Waals surface area contributed by atoms with Gasteiger partial charge in [-0.05, 0) is 5.56 Å². The Hall–Kier alpha value is -3.36. The van der Waals surface area contributed by atoms with Crippen molar-refractivity contribution in [3.63, 3.8) is 0 Å². The molecule has 2 heterocycles. The van der Waals surface area contributed by atoms with E-state index in [1.165, 1.54) is 16.2 Å². The summed E-state index contributed by atoms with van der Waals surface area (Å²) in [5.74, 6) is -0.909. The molecule has 0 fully saturated rings. The number of aryl methyl sites for hydroxylation is 1. The third-order valence-electron chi connectivity index (χ3n) is 3.59. The van der Waals surface area contributed by atoms with Gasteiger partial charge >= 0.3 is 11.7 Å². The Morgan fingerprint density at radius 2 is 2.00 bits per heavy atom. The minimum Gasteiger partial charge on any atom is -0.480 e. The van der Waals surface area contributed by atoms with Crippen LogP contribution in [-0.4, -0.2) is 30.2 Å². The van der Waals surface area contributed by atoms with Gasteiger partial charge in [0.15, 0.2) is 11.2 Å². The van der Waals surface area contributed by atoms with Gasteiger partial charge in [0.25, 0.3) is 5.56 Å². The van der Waals surface area contributed by atoms with Crippen molar-refractivity contribution >= 4 is 23.1 Å². The molecule has 0 saturated carbocycles. The van der Waals surface area contributed by atoms with Crippen LogP contribution in [0.25, 0.3) is 11.2 Å². The Kier molecular flexibility index (Phi) is 3.90. The number of imidazole rings is 1. The highest BCUT2D eigenvalue weighted by Gasteiger charge is 2.18. The molecule has 3 N–H and O–H groups in total. The fraction of sp³-hybridized carbons (Fsp3) is 0.200. The van der Waals surface area contributed by atoms with Crippen LogP contribution in [0.2, 0.25) is 0 Å². The van der Waals surface area contributed by atoms with Crippen LogP contribution >= 0.6 is 0 Å². The molecular formula is C15H15N5O4. The number of benzene rings is 1. The van der Waals surface area contributed by atoms with Crippen molar-refractivity contribution in [1.82, 2.24) is 19.1 Å². The smallest absolute Gasteiger partial charge is 0.329 e. The molecule has 3 aromatic rings. The van der Waals surface area contributed by atoms with Gasteiger partial charge in [0.1, 0.15) is 6.54 Å². The second-order valence-corrected chi connectivity index (χ2v) is 5.24. The Labute approximate surface area is 135 Å². The number of carboxylic acid groups (broad SMARTS) is 1. The Morgan fingerprint density at radius 3 is 2.67 bits per heavy atom. The van der Waals surface area contributed by atoms with Crippen molar-refractivity contribution in [3.8, 4) is 0 Å². The average Bonchev–Trinajstić information content (AvgIpc) is 2.90. The van der Waals surface area contributed by atoms with Gasteiger partial charge in [0, 0.05) is 13.6 Å². The van der Waals surface area contributed by atoms with Crippen LogP contribution in [0.1, 0.15) is 5.56 Å². The van der Waals surface area contributed by atoms with E-state index < -0.39 is 23.8 Å². The summed E-state index contributed by atoms with van der Waals surface area (Å²) in [6, 6.07) is 9.45. The van der Waals surface area contributed by atoms with Gasteiger partial charge in [-0.1, -0.05) is 30.3 Å². The second-order valence-electron chi connectivity index (χ2n) is 5.24. The highest BCUT2D eigenvalue weighted by molar-refractivity contribution is 5.77. The van der Waals surface area contributed by atoms with Crippen molar-refractivity contribution < 1.29 is 9.90 Å². The fourth-order valence-corrected chi connectivity index (χ4v) is 2.44. The van der Waals surface area contributed by atoms with Crippen molar-refractivity contribution in [1.29, 1.82) is 0 Å². The lowest BCUT2D eigenvalue weighted by Gasteiger charge is -2.08. The number of rotatable bonds is 5. The van der Waals surface area contributed by atoms with Crippen molar-refractivity contribution in [3.05, 3.63) is 56.7 Å². The first-order valence-corrected chi connectivity index (χ1v) is 7.16. The van der Waals surface area contributed by atoms with E-state index in [9.17, 15) is 14.4 Å². The van der Waals surface area contributed by atoms with Crippen LogP contribution in [0.15, 0.2) is 39.9 Å². The highest BCUT2D eigenvalue weighted by atomic mass is 16.4. The minimum absolute atomic E-state index is 0.0371. The van der Waals surface area contributed by atoms with Crippen LogP contribution in [0.4, 0.5) is 5.95 Å². The summed E-state index contributed by atoms with van der Waals surface area (Å²) >= 11 is 0. The van der Waals surface area contributed by atoms with Gasteiger partial charge in [0.05, 0.1) is 0 Å². The third kappa shape index (κ3) is 2.78. The van der Waals surface area contributed by atoms with Crippen molar-refractivity contribution in [2.75, 3.05) is 5.32 Å². The van der Waals surface area contributed by atoms with E-state index in [0.29, 0.717) is 6.54 Å². The summed E-state index contributed by atoms with van der Waals surface area (Å²) in [5, 5.41) is 12.1. The van der Waals surface area contributed by atoms with Gasteiger partial charge in [-0.2, -0.15) is 4.98 Å². The molecular weight excluding hydrogens is 314 g/mol. The number of carboxylic acids is 1. The molecule has 0 unspecified atom stereocenters. The van der Waals surface area contributed by atoms with E-state index in [1.807, 2.05) is 30.3 Å². The zero-order chi connectivity index (χ0) is 17.3. The number of hydrogen-bond acceptors (Lipinski definition) is 5. The van der Waals surface area contributed by atoms with Crippen molar-refractivity contribution in [2.24, 2.45) is 7.05 Å². The van der Waals surface area contributed by atoms with Gasteiger partial charge < -0.3 is 10.4 Å². The van der Waals surface area contributed by atoms with Gasteiger partial charge in [-0.3, -0.25) is 23.7 Å². The molecule has 0 radical (unpaired) electrons. The topological polar surface area (TPSA) is 122 Å². The van der Waals surface area contributed by atoms with E-state index >= 15 is 0 Å². The summed E-state index contributed by atoms with van der Waals surface area (Å²) in [6.45, 7) is -0.0511. The maximum Gasteiger partial charge on any atom is 0.329 e. The van der Waals surface area contributed by atoms with Crippen LogP contribution in [0, 0.1) is 0 Å². The van der Waals surface area contributed by atoms with E-state index in [4.69, 9.17) is 5.11 Å².